The largest absolute Gasteiger partial charge is 0.478 e. The predicted molar refractivity (Wildman–Crippen MR) is 54.3 cm³/mol. The van der Waals surface area contributed by atoms with Gasteiger partial charge in [-0.3, -0.25) is 0 Å². The molecule has 2 heterocycles. The number of thioether (sulfide) groups is 1. The summed E-state index contributed by atoms with van der Waals surface area (Å²) in [4.78, 5) is 19.0. The standard InChI is InChI=1S/C8H8N4O2S/c1-4-5(6(13)14)3-12-7(9-4)10-8(11-12)15-2/h3H,1-2H3,(H,13,14). The van der Waals surface area contributed by atoms with Crippen molar-refractivity contribution in [2.24, 2.45) is 0 Å². The van der Waals surface area contributed by atoms with Crippen molar-refractivity contribution in [1.29, 1.82) is 0 Å². The Hall–Kier alpha value is -1.63. The van der Waals surface area contributed by atoms with Crippen LogP contribution in [0.15, 0.2) is 11.4 Å². The third-order valence-corrected chi connectivity index (χ3v) is 2.45. The lowest BCUT2D eigenvalue weighted by atomic mass is 10.2. The molecular formula is C8H8N4O2S. The normalized spacial score (nSPS) is 10.8. The van der Waals surface area contributed by atoms with E-state index in [9.17, 15) is 4.79 Å². The summed E-state index contributed by atoms with van der Waals surface area (Å²) < 4.78 is 1.38. The van der Waals surface area contributed by atoms with Gasteiger partial charge in [0.15, 0.2) is 0 Å². The fourth-order valence-corrected chi connectivity index (χ4v) is 1.52. The van der Waals surface area contributed by atoms with Gasteiger partial charge in [-0.15, -0.1) is 5.10 Å². The number of hydrogen-bond acceptors (Lipinski definition) is 5. The third-order valence-electron chi connectivity index (χ3n) is 1.92. The van der Waals surface area contributed by atoms with Gasteiger partial charge in [0.25, 0.3) is 5.78 Å². The fraction of sp³-hybridized carbons (Fsp3) is 0.250. The molecule has 2 rings (SSSR count). The van der Waals surface area contributed by atoms with Gasteiger partial charge in [-0.1, -0.05) is 11.8 Å². The molecule has 0 aliphatic carbocycles. The molecule has 1 N–H and O–H groups in total. The summed E-state index contributed by atoms with van der Waals surface area (Å²) in [5.41, 5.74) is 0.579. The van der Waals surface area contributed by atoms with Crippen molar-refractivity contribution in [2.75, 3.05) is 6.26 Å². The first kappa shape index (κ1) is 9.91. The first-order valence-corrected chi connectivity index (χ1v) is 5.35. The molecule has 0 saturated carbocycles. The van der Waals surface area contributed by atoms with Crippen LogP contribution in [0.1, 0.15) is 16.1 Å². The van der Waals surface area contributed by atoms with E-state index in [1.807, 2.05) is 6.26 Å². The average molecular weight is 224 g/mol. The predicted octanol–water partition coefficient (Wildman–Crippen LogP) is 0.853. The van der Waals surface area contributed by atoms with Gasteiger partial charge in [0, 0.05) is 6.20 Å². The number of hydrogen-bond donors (Lipinski definition) is 1. The maximum atomic E-state index is 10.8. The number of aromatic nitrogens is 4. The van der Waals surface area contributed by atoms with Crippen LogP contribution in [0, 0.1) is 6.92 Å². The van der Waals surface area contributed by atoms with Gasteiger partial charge < -0.3 is 5.11 Å². The molecule has 0 fully saturated rings. The van der Waals surface area contributed by atoms with Gasteiger partial charge >= 0.3 is 5.97 Å². The second-order valence-electron chi connectivity index (χ2n) is 2.89. The molecule has 78 valence electrons. The molecular weight excluding hydrogens is 216 g/mol. The van der Waals surface area contributed by atoms with Gasteiger partial charge in [0.1, 0.15) is 0 Å². The van der Waals surface area contributed by atoms with Crippen LogP contribution in [0.2, 0.25) is 0 Å². The number of aryl methyl sites for hydroxylation is 1. The zero-order chi connectivity index (χ0) is 11.0. The molecule has 2 aromatic rings. The van der Waals surface area contributed by atoms with Gasteiger partial charge in [-0.05, 0) is 13.2 Å². The lowest BCUT2D eigenvalue weighted by Gasteiger charge is -1.98. The summed E-state index contributed by atoms with van der Waals surface area (Å²) >= 11 is 1.38. The number of carboxylic acids is 1. The highest BCUT2D eigenvalue weighted by molar-refractivity contribution is 7.98. The molecule has 0 radical (unpaired) electrons. The zero-order valence-electron chi connectivity index (χ0n) is 8.13. The molecule has 7 heteroatoms. The highest BCUT2D eigenvalue weighted by Gasteiger charge is 2.12. The molecule has 6 nitrogen and oxygen atoms in total. The maximum absolute atomic E-state index is 10.8. The second kappa shape index (κ2) is 3.50. The molecule has 0 amide bonds. The maximum Gasteiger partial charge on any atom is 0.339 e. The van der Waals surface area contributed by atoms with E-state index < -0.39 is 5.97 Å². The number of fused-ring (bicyclic) bond motifs is 1. The van der Waals surface area contributed by atoms with Gasteiger partial charge in [-0.2, -0.15) is 4.98 Å². The van der Waals surface area contributed by atoms with E-state index in [1.165, 1.54) is 22.5 Å². The van der Waals surface area contributed by atoms with Crippen LogP contribution in [0.3, 0.4) is 0 Å². The number of carboxylic acid groups (broad SMARTS) is 1. The molecule has 0 aliphatic rings. The van der Waals surface area contributed by atoms with E-state index in [0.717, 1.165) is 0 Å². The van der Waals surface area contributed by atoms with Crippen LogP contribution < -0.4 is 0 Å². The first-order chi connectivity index (χ1) is 7.11. The number of aromatic carboxylic acids is 1. The summed E-state index contributed by atoms with van der Waals surface area (Å²) in [6.45, 7) is 1.64. The highest BCUT2D eigenvalue weighted by atomic mass is 32.2. The Morgan fingerprint density at radius 3 is 2.87 bits per heavy atom. The highest BCUT2D eigenvalue weighted by Crippen LogP contribution is 2.12. The van der Waals surface area contributed by atoms with Crippen LogP contribution in [0.25, 0.3) is 5.78 Å². The fourth-order valence-electron chi connectivity index (χ4n) is 1.18. The van der Waals surface area contributed by atoms with Gasteiger partial charge in [-0.25, -0.2) is 14.3 Å². The van der Waals surface area contributed by atoms with E-state index in [0.29, 0.717) is 16.6 Å². The van der Waals surface area contributed by atoms with Crippen molar-refractivity contribution < 1.29 is 9.90 Å². The van der Waals surface area contributed by atoms with Crippen LogP contribution >= 0.6 is 11.8 Å². The summed E-state index contributed by atoms with van der Waals surface area (Å²) in [7, 11) is 0. The quantitative estimate of drug-likeness (QED) is 0.762. The van der Waals surface area contributed by atoms with Gasteiger partial charge in [0.05, 0.1) is 11.3 Å². The van der Waals surface area contributed by atoms with Crippen LogP contribution in [0.5, 0.6) is 0 Å². The molecule has 0 spiro atoms. The summed E-state index contributed by atoms with van der Waals surface area (Å²) in [5, 5.41) is 13.5. The van der Waals surface area contributed by atoms with Gasteiger partial charge in [0.2, 0.25) is 5.16 Å². The van der Waals surface area contributed by atoms with E-state index in [-0.39, 0.29) is 5.56 Å². The molecule has 0 aliphatic heterocycles. The topological polar surface area (TPSA) is 80.4 Å². The third kappa shape index (κ3) is 1.65. The van der Waals surface area contributed by atoms with E-state index in [1.54, 1.807) is 6.92 Å². The Bertz CT molecular complexity index is 537. The van der Waals surface area contributed by atoms with Crippen LogP contribution in [-0.2, 0) is 0 Å². The molecule has 0 bridgehead atoms. The monoisotopic (exact) mass is 224 g/mol. The lowest BCUT2D eigenvalue weighted by Crippen LogP contribution is -2.05. The molecule has 0 aromatic carbocycles. The Morgan fingerprint density at radius 1 is 1.53 bits per heavy atom. The summed E-state index contributed by atoms with van der Waals surface area (Å²) in [5.74, 6) is -0.593. The summed E-state index contributed by atoms with van der Waals surface area (Å²) in [6, 6.07) is 0. The van der Waals surface area contributed by atoms with Crippen LogP contribution in [0.4, 0.5) is 0 Å². The van der Waals surface area contributed by atoms with Crippen molar-refractivity contribution in [1.82, 2.24) is 19.6 Å². The summed E-state index contributed by atoms with van der Waals surface area (Å²) in [6.07, 6.45) is 3.27. The SMILES string of the molecule is CSc1nc2nc(C)c(C(=O)O)cn2n1. The zero-order valence-corrected chi connectivity index (χ0v) is 8.95. The van der Waals surface area contributed by atoms with Crippen molar-refractivity contribution in [3.63, 3.8) is 0 Å². The molecule has 0 saturated heterocycles. The lowest BCUT2D eigenvalue weighted by molar-refractivity contribution is 0.0695. The smallest absolute Gasteiger partial charge is 0.339 e. The average Bonchev–Trinajstić information content (AvgIpc) is 2.58. The number of nitrogens with zero attached hydrogens (tertiary/aromatic N) is 4. The van der Waals surface area contributed by atoms with E-state index in [2.05, 4.69) is 15.1 Å². The van der Waals surface area contributed by atoms with Crippen molar-refractivity contribution in [3.8, 4) is 0 Å². The minimum Gasteiger partial charge on any atom is -0.478 e. The minimum absolute atomic E-state index is 0.139. The minimum atomic E-state index is -1.01. The Morgan fingerprint density at radius 2 is 2.27 bits per heavy atom. The number of rotatable bonds is 2. The Kier molecular flexibility index (Phi) is 2.31. The van der Waals surface area contributed by atoms with E-state index >= 15 is 0 Å². The van der Waals surface area contributed by atoms with Crippen molar-refractivity contribution in [3.05, 3.63) is 17.5 Å². The Labute approximate surface area is 89.4 Å². The second-order valence-corrected chi connectivity index (χ2v) is 3.66. The number of carbonyl (C=O) groups is 1. The molecule has 2 aromatic heterocycles. The van der Waals surface area contributed by atoms with Crippen molar-refractivity contribution >= 4 is 23.5 Å². The molecule has 15 heavy (non-hydrogen) atoms. The van der Waals surface area contributed by atoms with Crippen molar-refractivity contribution in [2.45, 2.75) is 12.1 Å². The first-order valence-electron chi connectivity index (χ1n) is 4.13. The molecule has 0 atom stereocenters. The Balaban J connectivity index is 2.68. The van der Waals surface area contributed by atoms with Crippen LogP contribution in [-0.4, -0.2) is 36.9 Å². The molecule has 0 unspecified atom stereocenters. The van der Waals surface area contributed by atoms with E-state index in [4.69, 9.17) is 5.11 Å².